The Balaban J connectivity index is 1.84. The highest BCUT2D eigenvalue weighted by Gasteiger charge is 2.13. The maximum absolute atomic E-state index is 10.7. The van der Waals surface area contributed by atoms with Gasteiger partial charge in [0.2, 0.25) is 0 Å². The Hall–Kier alpha value is -2.47. The van der Waals surface area contributed by atoms with Crippen LogP contribution in [0.2, 0.25) is 5.02 Å². The van der Waals surface area contributed by atoms with E-state index in [1.807, 2.05) is 18.2 Å². The van der Waals surface area contributed by atoms with Crippen molar-refractivity contribution in [2.45, 2.75) is 6.42 Å². The number of nitro groups is 1. The highest BCUT2D eigenvalue weighted by Crippen LogP contribution is 2.35. The van der Waals surface area contributed by atoms with Crippen LogP contribution in [0.1, 0.15) is 6.42 Å². The number of benzene rings is 2. The molecule has 1 heterocycles. The van der Waals surface area contributed by atoms with Gasteiger partial charge in [-0.05, 0) is 18.2 Å². The Morgan fingerprint density at radius 3 is 2.59 bits per heavy atom. The third kappa shape index (κ3) is 3.07. The highest BCUT2D eigenvalue weighted by molar-refractivity contribution is 6.33. The molecule has 22 heavy (non-hydrogen) atoms. The van der Waals surface area contributed by atoms with Crippen LogP contribution in [-0.4, -0.2) is 18.1 Å². The van der Waals surface area contributed by atoms with Crippen LogP contribution >= 0.6 is 11.6 Å². The highest BCUT2D eigenvalue weighted by atomic mass is 35.5. The van der Waals surface area contributed by atoms with Gasteiger partial charge in [0.25, 0.3) is 5.69 Å². The third-order valence-electron chi connectivity index (χ3n) is 3.19. The molecule has 3 rings (SSSR count). The second-order valence-electron chi connectivity index (χ2n) is 4.76. The van der Waals surface area contributed by atoms with Crippen LogP contribution < -0.4 is 14.8 Å². The minimum absolute atomic E-state index is 0.0470. The normalized spacial score (nSPS) is 13.3. The first kappa shape index (κ1) is 14.5. The number of nitro benzene ring substituents is 1. The van der Waals surface area contributed by atoms with Crippen molar-refractivity contribution in [3.8, 4) is 11.5 Å². The van der Waals surface area contributed by atoms with Crippen LogP contribution in [0.25, 0.3) is 0 Å². The zero-order valence-electron chi connectivity index (χ0n) is 11.5. The maximum atomic E-state index is 10.7. The molecule has 0 aliphatic carbocycles. The molecule has 2 aromatic rings. The summed E-state index contributed by atoms with van der Waals surface area (Å²) in [5, 5.41) is 14.1. The van der Waals surface area contributed by atoms with Crippen LogP contribution in [0.3, 0.4) is 0 Å². The molecular formula is C15H13ClN2O4. The Kier molecular flexibility index (Phi) is 4.02. The van der Waals surface area contributed by atoms with Crippen LogP contribution in [0, 0.1) is 10.1 Å². The summed E-state index contributed by atoms with van der Waals surface area (Å²) in [7, 11) is 0. The molecule has 2 aromatic carbocycles. The van der Waals surface area contributed by atoms with E-state index < -0.39 is 4.92 Å². The summed E-state index contributed by atoms with van der Waals surface area (Å²) >= 11 is 6.07. The topological polar surface area (TPSA) is 73.6 Å². The van der Waals surface area contributed by atoms with Crippen molar-refractivity contribution in [3.05, 3.63) is 51.5 Å². The van der Waals surface area contributed by atoms with Crippen molar-refractivity contribution >= 4 is 28.7 Å². The van der Waals surface area contributed by atoms with Gasteiger partial charge in [0.1, 0.15) is 0 Å². The predicted molar refractivity (Wildman–Crippen MR) is 83.4 cm³/mol. The molecule has 0 radical (unpaired) electrons. The van der Waals surface area contributed by atoms with Gasteiger partial charge < -0.3 is 14.8 Å². The molecular weight excluding hydrogens is 308 g/mol. The van der Waals surface area contributed by atoms with Gasteiger partial charge in [-0.3, -0.25) is 10.1 Å². The molecule has 0 spiro atoms. The first-order chi connectivity index (χ1) is 10.6. The second-order valence-corrected chi connectivity index (χ2v) is 5.17. The van der Waals surface area contributed by atoms with E-state index in [-0.39, 0.29) is 10.7 Å². The monoisotopic (exact) mass is 320 g/mol. The van der Waals surface area contributed by atoms with Crippen LogP contribution in [-0.2, 0) is 0 Å². The molecule has 114 valence electrons. The lowest BCUT2D eigenvalue weighted by atomic mass is 10.2. The first-order valence-electron chi connectivity index (χ1n) is 6.74. The fraction of sp³-hybridized carbons (Fsp3) is 0.200. The van der Waals surface area contributed by atoms with Crippen molar-refractivity contribution in [2.24, 2.45) is 0 Å². The van der Waals surface area contributed by atoms with Gasteiger partial charge in [-0.25, -0.2) is 0 Å². The van der Waals surface area contributed by atoms with E-state index in [9.17, 15) is 10.1 Å². The molecule has 0 bridgehead atoms. The molecule has 7 heteroatoms. The molecule has 6 nitrogen and oxygen atoms in total. The zero-order chi connectivity index (χ0) is 15.5. The quantitative estimate of drug-likeness (QED) is 0.679. The van der Waals surface area contributed by atoms with E-state index in [1.54, 1.807) is 6.07 Å². The van der Waals surface area contributed by atoms with Gasteiger partial charge in [0.15, 0.2) is 11.5 Å². The number of fused-ring (bicyclic) bond motifs is 1. The smallest absolute Gasteiger partial charge is 0.271 e. The molecule has 0 aromatic heterocycles. The minimum Gasteiger partial charge on any atom is -0.490 e. The van der Waals surface area contributed by atoms with Crippen molar-refractivity contribution in [1.82, 2.24) is 0 Å². The number of nitrogens with one attached hydrogen (secondary N) is 1. The van der Waals surface area contributed by atoms with Gasteiger partial charge in [0.05, 0.1) is 28.8 Å². The minimum atomic E-state index is -0.483. The Morgan fingerprint density at radius 2 is 1.86 bits per heavy atom. The SMILES string of the molecule is O=[N+]([O-])c1ccc(Nc2ccc3c(c2)OCCCO3)c(Cl)c1. The van der Waals surface area contributed by atoms with Crippen molar-refractivity contribution in [1.29, 1.82) is 0 Å². The van der Waals surface area contributed by atoms with E-state index in [0.717, 1.165) is 12.1 Å². The summed E-state index contributed by atoms with van der Waals surface area (Å²) in [6.45, 7) is 1.24. The Bertz CT molecular complexity index is 721. The molecule has 0 fully saturated rings. The van der Waals surface area contributed by atoms with Crippen molar-refractivity contribution in [2.75, 3.05) is 18.5 Å². The van der Waals surface area contributed by atoms with E-state index in [0.29, 0.717) is 30.4 Å². The van der Waals surface area contributed by atoms with Gasteiger partial charge in [-0.2, -0.15) is 0 Å². The molecule has 1 N–H and O–H groups in total. The summed E-state index contributed by atoms with van der Waals surface area (Å²) in [6.07, 6.45) is 0.839. The van der Waals surface area contributed by atoms with Gasteiger partial charge in [-0.15, -0.1) is 0 Å². The maximum Gasteiger partial charge on any atom is 0.271 e. The molecule has 1 aliphatic rings. The molecule has 0 amide bonds. The summed E-state index contributed by atoms with van der Waals surface area (Å²) in [5.74, 6) is 1.37. The summed E-state index contributed by atoms with van der Waals surface area (Å²) in [6, 6.07) is 9.76. The fourth-order valence-electron chi connectivity index (χ4n) is 2.12. The predicted octanol–water partition coefficient (Wildman–Crippen LogP) is 4.15. The van der Waals surface area contributed by atoms with E-state index in [1.165, 1.54) is 12.1 Å². The number of rotatable bonds is 3. The number of ether oxygens (including phenoxy) is 2. The molecule has 0 atom stereocenters. The van der Waals surface area contributed by atoms with E-state index in [2.05, 4.69) is 5.32 Å². The fourth-order valence-corrected chi connectivity index (χ4v) is 2.34. The van der Waals surface area contributed by atoms with Crippen LogP contribution in [0.4, 0.5) is 17.1 Å². The van der Waals surface area contributed by atoms with E-state index >= 15 is 0 Å². The number of hydrogen-bond donors (Lipinski definition) is 1. The lowest BCUT2D eigenvalue weighted by Crippen LogP contribution is -1.97. The number of halogens is 1. The molecule has 0 unspecified atom stereocenters. The number of anilines is 2. The lowest BCUT2D eigenvalue weighted by molar-refractivity contribution is -0.384. The molecule has 0 saturated carbocycles. The number of hydrogen-bond acceptors (Lipinski definition) is 5. The molecule has 0 saturated heterocycles. The second kappa shape index (κ2) is 6.11. The number of non-ortho nitro benzene ring substituents is 1. The van der Waals surface area contributed by atoms with Crippen LogP contribution in [0.15, 0.2) is 36.4 Å². The third-order valence-corrected chi connectivity index (χ3v) is 3.50. The lowest BCUT2D eigenvalue weighted by Gasteiger charge is -2.12. The Morgan fingerprint density at radius 1 is 1.09 bits per heavy atom. The first-order valence-corrected chi connectivity index (χ1v) is 7.12. The van der Waals surface area contributed by atoms with Gasteiger partial charge in [0, 0.05) is 30.3 Å². The van der Waals surface area contributed by atoms with Gasteiger partial charge >= 0.3 is 0 Å². The summed E-state index contributed by atoms with van der Waals surface area (Å²) < 4.78 is 11.2. The zero-order valence-corrected chi connectivity index (χ0v) is 12.3. The number of nitrogens with zero attached hydrogens (tertiary/aromatic N) is 1. The van der Waals surface area contributed by atoms with Crippen molar-refractivity contribution in [3.63, 3.8) is 0 Å². The standard InChI is InChI=1S/C15H13ClN2O4/c16-12-9-11(18(19)20)3-4-13(12)17-10-2-5-14-15(8-10)22-7-1-6-21-14/h2-5,8-9,17H,1,6-7H2. The average molecular weight is 321 g/mol. The summed E-state index contributed by atoms with van der Waals surface area (Å²) in [4.78, 5) is 10.2. The van der Waals surface area contributed by atoms with Crippen molar-refractivity contribution < 1.29 is 14.4 Å². The Labute approximate surface area is 131 Å². The van der Waals surface area contributed by atoms with E-state index in [4.69, 9.17) is 21.1 Å². The largest absolute Gasteiger partial charge is 0.490 e. The average Bonchev–Trinajstić information content (AvgIpc) is 2.74. The van der Waals surface area contributed by atoms with Gasteiger partial charge in [-0.1, -0.05) is 11.6 Å². The summed E-state index contributed by atoms with van der Waals surface area (Å²) in [5.41, 5.74) is 1.30. The molecule has 1 aliphatic heterocycles. The van der Waals surface area contributed by atoms with Crippen LogP contribution in [0.5, 0.6) is 11.5 Å².